The third-order valence-electron chi connectivity index (χ3n) is 2.33. The number of rotatable bonds is 2. The fourth-order valence-electron chi connectivity index (χ4n) is 1.37. The smallest absolute Gasteiger partial charge is 0.331 e. The van der Waals surface area contributed by atoms with Gasteiger partial charge in [0.05, 0.1) is 0 Å². The van der Waals surface area contributed by atoms with E-state index in [4.69, 9.17) is 9.52 Å². The summed E-state index contributed by atoms with van der Waals surface area (Å²) in [6, 6.07) is 1.86. The predicted octanol–water partition coefficient (Wildman–Crippen LogP) is 2.77. The normalized spacial score (nSPS) is 12.6. The molecule has 0 radical (unpaired) electrons. The maximum absolute atomic E-state index is 10.7. The Morgan fingerprint density at radius 2 is 1.93 bits per heavy atom. The van der Waals surface area contributed by atoms with Gasteiger partial charge in [0, 0.05) is 11.1 Å². The van der Waals surface area contributed by atoms with Crippen LogP contribution in [0.5, 0.6) is 0 Å². The van der Waals surface area contributed by atoms with Gasteiger partial charge in [0.15, 0.2) is 0 Å². The van der Waals surface area contributed by atoms with E-state index in [9.17, 15) is 4.79 Å². The minimum atomic E-state index is -0.888. The molecule has 3 heteroatoms. The standard InChI is InChI=1S/C11H14O3/c1-6-5-10(9(4)14-6)7(2)8(3)11(12)13/h5H,1-4H3,(H,12,13). The Labute approximate surface area is 83.0 Å². The van der Waals surface area contributed by atoms with Crippen molar-refractivity contribution in [2.45, 2.75) is 27.7 Å². The fraction of sp³-hybridized carbons (Fsp3) is 0.364. The second-order valence-electron chi connectivity index (χ2n) is 3.38. The lowest BCUT2D eigenvalue weighted by atomic mass is 10.0. The van der Waals surface area contributed by atoms with Crippen molar-refractivity contribution < 1.29 is 14.3 Å². The van der Waals surface area contributed by atoms with Crippen LogP contribution in [0.3, 0.4) is 0 Å². The summed E-state index contributed by atoms with van der Waals surface area (Å²) < 4.78 is 5.34. The number of furan rings is 1. The number of allylic oxidation sites excluding steroid dienone is 1. The van der Waals surface area contributed by atoms with Crippen LogP contribution >= 0.6 is 0 Å². The van der Waals surface area contributed by atoms with E-state index in [0.29, 0.717) is 5.57 Å². The highest BCUT2D eigenvalue weighted by molar-refractivity contribution is 5.95. The van der Waals surface area contributed by atoms with E-state index >= 15 is 0 Å². The summed E-state index contributed by atoms with van der Waals surface area (Å²) in [6.07, 6.45) is 0. The summed E-state index contributed by atoms with van der Waals surface area (Å²) in [4.78, 5) is 10.7. The first-order chi connectivity index (χ1) is 6.43. The second-order valence-corrected chi connectivity index (χ2v) is 3.38. The third-order valence-corrected chi connectivity index (χ3v) is 2.33. The zero-order chi connectivity index (χ0) is 10.9. The molecule has 1 aromatic heterocycles. The number of hydrogen-bond acceptors (Lipinski definition) is 2. The van der Waals surface area contributed by atoms with Gasteiger partial charge in [-0.3, -0.25) is 0 Å². The highest BCUT2D eigenvalue weighted by Gasteiger charge is 2.12. The van der Waals surface area contributed by atoms with Crippen LogP contribution in [0.4, 0.5) is 0 Å². The number of hydrogen-bond donors (Lipinski definition) is 1. The molecule has 14 heavy (non-hydrogen) atoms. The lowest BCUT2D eigenvalue weighted by molar-refractivity contribution is -0.132. The minimum absolute atomic E-state index is 0.355. The molecule has 3 nitrogen and oxygen atoms in total. The van der Waals surface area contributed by atoms with Gasteiger partial charge < -0.3 is 9.52 Å². The van der Waals surface area contributed by atoms with Gasteiger partial charge in [-0.1, -0.05) is 0 Å². The summed E-state index contributed by atoms with van der Waals surface area (Å²) in [6.45, 7) is 7.07. The maximum Gasteiger partial charge on any atom is 0.331 e. The molecule has 0 bridgehead atoms. The Kier molecular flexibility index (Phi) is 2.79. The molecular weight excluding hydrogens is 180 g/mol. The molecule has 1 rings (SSSR count). The van der Waals surface area contributed by atoms with Gasteiger partial charge in [-0.05, 0) is 39.3 Å². The Morgan fingerprint density at radius 1 is 1.36 bits per heavy atom. The van der Waals surface area contributed by atoms with Crippen LogP contribution in [0.25, 0.3) is 5.57 Å². The topological polar surface area (TPSA) is 50.4 Å². The molecule has 0 unspecified atom stereocenters. The van der Waals surface area contributed by atoms with E-state index in [1.807, 2.05) is 19.9 Å². The first-order valence-corrected chi connectivity index (χ1v) is 4.41. The van der Waals surface area contributed by atoms with E-state index in [1.54, 1.807) is 13.8 Å². The quantitative estimate of drug-likeness (QED) is 0.736. The van der Waals surface area contributed by atoms with Crippen LogP contribution < -0.4 is 0 Å². The Morgan fingerprint density at radius 3 is 2.29 bits per heavy atom. The zero-order valence-electron chi connectivity index (χ0n) is 8.84. The van der Waals surface area contributed by atoms with Crippen molar-refractivity contribution in [3.8, 4) is 0 Å². The summed E-state index contributed by atoms with van der Waals surface area (Å²) in [5, 5.41) is 8.82. The number of carboxylic acids is 1. The van der Waals surface area contributed by atoms with Crippen molar-refractivity contribution in [1.29, 1.82) is 0 Å². The van der Waals surface area contributed by atoms with Gasteiger partial charge in [-0.25, -0.2) is 4.79 Å². The molecule has 0 spiro atoms. The predicted molar refractivity (Wildman–Crippen MR) is 54.1 cm³/mol. The van der Waals surface area contributed by atoms with E-state index in [2.05, 4.69) is 0 Å². The Balaban J connectivity index is 3.24. The molecule has 0 saturated heterocycles. The molecule has 0 saturated carbocycles. The van der Waals surface area contributed by atoms with Crippen molar-refractivity contribution >= 4 is 11.5 Å². The maximum atomic E-state index is 10.7. The molecular formula is C11H14O3. The second kappa shape index (κ2) is 3.70. The van der Waals surface area contributed by atoms with Crippen molar-refractivity contribution in [3.63, 3.8) is 0 Å². The average molecular weight is 194 g/mol. The first kappa shape index (κ1) is 10.6. The number of aliphatic carboxylic acids is 1. The lowest BCUT2D eigenvalue weighted by Gasteiger charge is -2.01. The van der Waals surface area contributed by atoms with Crippen LogP contribution in [-0.2, 0) is 4.79 Å². The van der Waals surface area contributed by atoms with Crippen LogP contribution in [-0.4, -0.2) is 11.1 Å². The van der Waals surface area contributed by atoms with Crippen LogP contribution in [0, 0.1) is 13.8 Å². The van der Waals surface area contributed by atoms with Crippen molar-refractivity contribution in [1.82, 2.24) is 0 Å². The van der Waals surface area contributed by atoms with Gasteiger partial charge in [0.25, 0.3) is 0 Å². The van der Waals surface area contributed by atoms with Crippen molar-refractivity contribution in [2.24, 2.45) is 0 Å². The highest BCUT2D eigenvalue weighted by atomic mass is 16.4. The highest BCUT2D eigenvalue weighted by Crippen LogP contribution is 2.24. The number of carbonyl (C=O) groups is 1. The van der Waals surface area contributed by atoms with Gasteiger partial charge >= 0.3 is 5.97 Å². The number of carboxylic acid groups (broad SMARTS) is 1. The summed E-state index contributed by atoms with van der Waals surface area (Å²) in [5.41, 5.74) is 1.99. The number of aryl methyl sites for hydroxylation is 2. The molecule has 0 aliphatic rings. The van der Waals surface area contributed by atoms with Gasteiger partial charge in [0.2, 0.25) is 0 Å². The molecule has 1 N–H and O–H groups in total. The van der Waals surface area contributed by atoms with Crippen molar-refractivity contribution in [2.75, 3.05) is 0 Å². The SMILES string of the molecule is CC(C(=O)O)=C(C)c1cc(C)oc1C. The molecule has 1 aromatic rings. The van der Waals surface area contributed by atoms with E-state index in [-0.39, 0.29) is 0 Å². The first-order valence-electron chi connectivity index (χ1n) is 4.41. The van der Waals surface area contributed by atoms with E-state index in [0.717, 1.165) is 22.7 Å². The van der Waals surface area contributed by atoms with Crippen LogP contribution in [0.1, 0.15) is 30.9 Å². The third kappa shape index (κ3) is 1.87. The summed E-state index contributed by atoms with van der Waals surface area (Å²) >= 11 is 0. The molecule has 76 valence electrons. The Hall–Kier alpha value is -1.51. The van der Waals surface area contributed by atoms with E-state index in [1.165, 1.54) is 0 Å². The van der Waals surface area contributed by atoms with Crippen molar-refractivity contribution in [3.05, 3.63) is 28.7 Å². The van der Waals surface area contributed by atoms with Crippen LogP contribution in [0.2, 0.25) is 0 Å². The van der Waals surface area contributed by atoms with Gasteiger partial charge in [0.1, 0.15) is 11.5 Å². The van der Waals surface area contributed by atoms with Gasteiger partial charge in [-0.2, -0.15) is 0 Å². The minimum Gasteiger partial charge on any atom is -0.478 e. The molecule has 0 aromatic carbocycles. The molecule has 0 aliphatic heterocycles. The molecule has 0 aliphatic carbocycles. The zero-order valence-corrected chi connectivity index (χ0v) is 8.84. The molecule has 1 heterocycles. The lowest BCUT2D eigenvalue weighted by Crippen LogP contribution is -1.99. The largest absolute Gasteiger partial charge is 0.478 e. The Bertz CT molecular complexity index is 397. The molecule has 0 amide bonds. The van der Waals surface area contributed by atoms with Gasteiger partial charge in [-0.15, -0.1) is 0 Å². The average Bonchev–Trinajstić information content (AvgIpc) is 2.42. The van der Waals surface area contributed by atoms with E-state index < -0.39 is 5.97 Å². The monoisotopic (exact) mass is 194 g/mol. The fourth-order valence-corrected chi connectivity index (χ4v) is 1.37. The summed E-state index contributed by atoms with van der Waals surface area (Å²) in [5.74, 6) is 0.677. The molecule has 0 atom stereocenters. The molecule has 0 fully saturated rings. The summed E-state index contributed by atoms with van der Waals surface area (Å²) in [7, 11) is 0. The van der Waals surface area contributed by atoms with Crippen LogP contribution in [0.15, 0.2) is 16.1 Å².